The van der Waals surface area contributed by atoms with Gasteiger partial charge in [0.1, 0.15) is 5.82 Å². The van der Waals surface area contributed by atoms with Crippen LogP contribution in [-0.4, -0.2) is 21.0 Å². The third-order valence-electron chi connectivity index (χ3n) is 3.29. The quantitative estimate of drug-likeness (QED) is 0.866. The van der Waals surface area contributed by atoms with E-state index in [4.69, 9.17) is 5.73 Å². The average Bonchev–Trinajstić information content (AvgIpc) is 2.81. The first-order chi connectivity index (χ1) is 8.72. The smallest absolute Gasteiger partial charge is 0.122 e. The van der Waals surface area contributed by atoms with E-state index in [-0.39, 0.29) is 0 Å². The largest absolute Gasteiger partial charge is 0.399 e. The Kier molecular flexibility index (Phi) is 3.09. The number of nitrogen functional groups attached to an aromatic ring is 1. The highest BCUT2D eigenvalue weighted by Crippen LogP contribution is 2.22. The molecule has 0 bridgehead atoms. The Hall–Kier alpha value is -1.33. The van der Waals surface area contributed by atoms with Crippen molar-refractivity contribution in [1.29, 1.82) is 0 Å². The Balaban J connectivity index is 1.76. The van der Waals surface area contributed by atoms with Crippen molar-refractivity contribution in [3.63, 3.8) is 0 Å². The van der Waals surface area contributed by atoms with Crippen LogP contribution in [0.15, 0.2) is 35.1 Å². The van der Waals surface area contributed by atoms with Crippen LogP contribution in [0.2, 0.25) is 0 Å². The average molecular weight is 307 g/mol. The molecule has 1 aliphatic rings. The van der Waals surface area contributed by atoms with Crippen LogP contribution in [-0.2, 0) is 19.6 Å². The van der Waals surface area contributed by atoms with E-state index in [9.17, 15) is 0 Å². The third-order valence-corrected chi connectivity index (χ3v) is 4.06. The van der Waals surface area contributed by atoms with Crippen LogP contribution in [0.1, 0.15) is 11.4 Å². The van der Waals surface area contributed by atoms with Crippen LogP contribution >= 0.6 is 15.9 Å². The zero-order chi connectivity index (χ0) is 12.5. The van der Waals surface area contributed by atoms with E-state index in [1.807, 2.05) is 30.6 Å². The summed E-state index contributed by atoms with van der Waals surface area (Å²) >= 11 is 3.58. The summed E-state index contributed by atoms with van der Waals surface area (Å²) in [5.41, 5.74) is 7.88. The van der Waals surface area contributed by atoms with Crippen molar-refractivity contribution in [3.8, 4) is 0 Å². The predicted molar refractivity (Wildman–Crippen MR) is 74.9 cm³/mol. The molecule has 1 aliphatic heterocycles. The Morgan fingerprint density at radius 1 is 1.33 bits per heavy atom. The van der Waals surface area contributed by atoms with Crippen LogP contribution in [0.25, 0.3) is 0 Å². The fourth-order valence-electron chi connectivity index (χ4n) is 2.32. The molecule has 0 fully saturated rings. The number of nitrogens with two attached hydrogens (primary N) is 1. The van der Waals surface area contributed by atoms with E-state index in [1.165, 1.54) is 5.56 Å². The van der Waals surface area contributed by atoms with Crippen molar-refractivity contribution in [2.24, 2.45) is 0 Å². The predicted octanol–water partition coefficient (Wildman–Crippen LogP) is 2.24. The number of fused-ring (bicyclic) bond motifs is 1. The molecule has 94 valence electrons. The normalized spacial score (nSPS) is 15.6. The molecule has 0 saturated carbocycles. The molecule has 5 heteroatoms. The molecule has 0 spiro atoms. The number of hydrogen-bond acceptors (Lipinski definition) is 3. The van der Waals surface area contributed by atoms with Gasteiger partial charge < -0.3 is 10.3 Å². The number of hydrogen-bond donors (Lipinski definition) is 1. The molecule has 0 saturated heterocycles. The van der Waals surface area contributed by atoms with Gasteiger partial charge in [0.05, 0.1) is 6.54 Å². The zero-order valence-electron chi connectivity index (χ0n) is 10.0. The van der Waals surface area contributed by atoms with Gasteiger partial charge in [0.15, 0.2) is 0 Å². The second-order valence-electron chi connectivity index (χ2n) is 4.60. The minimum atomic E-state index is 0.812. The van der Waals surface area contributed by atoms with Gasteiger partial charge >= 0.3 is 0 Å². The van der Waals surface area contributed by atoms with E-state index in [2.05, 4.69) is 30.4 Å². The van der Waals surface area contributed by atoms with Gasteiger partial charge in [0.2, 0.25) is 0 Å². The minimum absolute atomic E-state index is 0.812. The van der Waals surface area contributed by atoms with Crippen molar-refractivity contribution in [2.75, 3.05) is 12.3 Å². The van der Waals surface area contributed by atoms with Crippen LogP contribution in [0.3, 0.4) is 0 Å². The van der Waals surface area contributed by atoms with Crippen molar-refractivity contribution in [2.45, 2.75) is 19.6 Å². The van der Waals surface area contributed by atoms with Crippen molar-refractivity contribution >= 4 is 21.6 Å². The molecular formula is C13H15BrN4. The molecule has 18 heavy (non-hydrogen) atoms. The van der Waals surface area contributed by atoms with Gasteiger partial charge in [-0.05, 0) is 23.8 Å². The lowest BCUT2D eigenvalue weighted by Gasteiger charge is -2.27. The molecule has 3 rings (SSSR count). The summed E-state index contributed by atoms with van der Waals surface area (Å²) in [6, 6.07) is 5.96. The maximum atomic E-state index is 5.84. The SMILES string of the molecule is Nc1ccc(Br)c(CN2CCn3ccnc3C2)c1. The molecule has 2 aromatic rings. The van der Waals surface area contributed by atoms with Crippen molar-refractivity contribution in [3.05, 3.63) is 46.5 Å². The number of aromatic nitrogens is 2. The van der Waals surface area contributed by atoms with E-state index in [0.717, 1.165) is 42.2 Å². The van der Waals surface area contributed by atoms with Gasteiger partial charge in [0.25, 0.3) is 0 Å². The second kappa shape index (κ2) is 4.74. The van der Waals surface area contributed by atoms with E-state index < -0.39 is 0 Å². The van der Waals surface area contributed by atoms with E-state index in [1.54, 1.807) is 0 Å². The van der Waals surface area contributed by atoms with Crippen LogP contribution in [0.4, 0.5) is 5.69 Å². The number of anilines is 1. The molecule has 1 aromatic carbocycles. The molecule has 0 aliphatic carbocycles. The summed E-state index contributed by atoms with van der Waals surface area (Å²) in [5, 5.41) is 0. The fraction of sp³-hybridized carbons (Fsp3) is 0.308. The first kappa shape index (κ1) is 11.7. The van der Waals surface area contributed by atoms with Gasteiger partial charge in [-0.3, -0.25) is 4.90 Å². The standard InChI is InChI=1S/C13H15BrN4/c14-12-2-1-11(15)7-10(12)8-17-5-6-18-4-3-16-13(18)9-17/h1-4,7H,5-6,8-9,15H2. The number of imidazole rings is 1. The summed E-state index contributed by atoms with van der Waals surface area (Å²) in [6.45, 7) is 3.85. The maximum Gasteiger partial charge on any atom is 0.122 e. The maximum absolute atomic E-state index is 5.84. The van der Waals surface area contributed by atoms with Gasteiger partial charge in [-0.15, -0.1) is 0 Å². The zero-order valence-corrected chi connectivity index (χ0v) is 11.6. The van der Waals surface area contributed by atoms with E-state index >= 15 is 0 Å². The Labute approximate surface area is 115 Å². The highest BCUT2D eigenvalue weighted by Gasteiger charge is 2.17. The van der Waals surface area contributed by atoms with Crippen LogP contribution < -0.4 is 5.73 Å². The molecule has 2 N–H and O–H groups in total. The summed E-state index contributed by atoms with van der Waals surface area (Å²) in [6.07, 6.45) is 3.92. The number of nitrogens with zero attached hydrogens (tertiary/aromatic N) is 3. The monoisotopic (exact) mass is 306 g/mol. The topological polar surface area (TPSA) is 47.1 Å². The molecule has 4 nitrogen and oxygen atoms in total. The summed E-state index contributed by atoms with van der Waals surface area (Å²) in [4.78, 5) is 6.76. The summed E-state index contributed by atoms with van der Waals surface area (Å²) in [5.74, 6) is 1.14. The van der Waals surface area contributed by atoms with Gasteiger partial charge in [-0.2, -0.15) is 0 Å². The van der Waals surface area contributed by atoms with Gasteiger partial charge in [-0.25, -0.2) is 4.98 Å². The van der Waals surface area contributed by atoms with Gasteiger partial charge in [-0.1, -0.05) is 15.9 Å². The molecule has 2 heterocycles. The number of halogens is 1. The summed E-state index contributed by atoms with van der Waals surface area (Å²) in [7, 11) is 0. The lowest BCUT2D eigenvalue weighted by Crippen LogP contribution is -2.33. The van der Waals surface area contributed by atoms with Crippen LogP contribution in [0.5, 0.6) is 0 Å². The van der Waals surface area contributed by atoms with Crippen LogP contribution in [0, 0.1) is 0 Å². The first-order valence-electron chi connectivity index (χ1n) is 5.98. The highest BCUT2D eigenvalue weighted by molar-refractivity contribution is 9.10. The Morgan fingerprint density at radius 3 is 3.11 bits per heavy atom. The lowest BCUT2D eigenvalue weighted by atomic mass is 10.2. The summed E-state index contributed by atoms with van der Waals surface area (Å²) < 4.78 is 3.33. The van der Waals surface area contributed by atoms with Crippen molar-refractivity contribution < 1.29 is 0 Å². The Bertz CT molecular complexity index is 564. The molecule has 1 aromatic heterocycles. The minimum Gasteiger partial charge on any atom is -0.399 e. The number of rotatable bonds is 2. The Morgan fingerprint density at radius 2 is 2.22 bits per heavy atom. The molecule has 0 radical (unpaired) electrons. The van der Waals surface area contributed by atoms with Crippen molar-refractivity contribution in [1.82, 2.24) is 14.5 Å². The second-order valence-corrected chi connectivity index (χ2v) is 5.45. The molecule has 0 atom stereocenters. The molecular weight excluding hydrogens is 292 g/mol. The third kappa shape index (κ3) is 2.28. The molecule has 0 unspecified atom stereocenters. The molecule has 0 amide bonds. The fourth-order valence-corrected chi connectivity index (χ4v) is 2.69. The van der Waals surface area contributed by atoms with Gasteiger partial charge in [0, 0.05) is 42.2 Å². The lowest BCUT2D eigenvalue weighted by molar-refractivity contribution is 0.208. The number of benzene rings is 1. The highest BCUT2D eigenvalue weighted by atomic mass is 79.9. The first-order valence-corrected chi connectivity index (χ1v) is 6.78. The van der Waals surface area contributed by atoms with E-state index in [0.29, 0.717) is 0 Å².